The van der Waals surface area contributed by atoms with Gasteiger partial charge >= 0.3 is 0 Å². The summed E-state index contributed by atoms with van der Waals surface area (Å²) in [6, 6.07) is 11.1. The number of hydrogen-bond acceptors (Lipinski definition) is 5. The zero-order valence-corrected chi connectivity index (χ0v) is 21.8. The summed E-state index contributed by atoms with van der Waals surface area (Å²) in [5, 5.41) is 13.0. The second kappa shape index (κ2) is 10.3. The van der Waals surface area contributed by atoms with Crippen LogP contribution in [-0.2, 0) is 4.79 Å². The number of fused-ring (bicyclic) bond motifs is 1. The van der Waals surface area contributed by atoms with Crippen LogP contribution in [0, 0.1) is 20.8 Å². The zero-order valence-electron chi connectivity index (χ0n) is 19.6. The molecule has 1 aromatic heterocycles. The van der Waals surface area contributed by atoms with Gasteiger partial charge in [-0.05, 0) is 80.8 Å². The van der Waals surface area contributed by atoms with Gasteiger partial charge in [-0.1, -0.05) is 34.8 Å². The Hall–Kier alpha value is -3.00. The number of amides is 1. The number of aryl methyl sites for hydroxylation is 1. The number of nitrogens with zero attached hydrogens (tertiary/aromatic N) is 3. The maximum atomic E-state index is 12.6. The van der Waals surface area contributed by atoms with Crippen molar-refractivity contribution < 1.29 is 14.3 Å². The molecule has 1 amide bonds. The molecule has 1 heterocycles. The van der Waals surface area contributed by atoms with E-state index in [1.807, 2.05) is 44.2 Å². The average molecular weight is 534 g/mol. The molecule has 0 fully saturated rings. The number of hydrogen-bond donors (Lipinski definition) is 1. The highest BCUT2D eigenvalue weighted by molar-refractivity contribution is 6.42. The van der Waals surface area contributed by atoms with Crippen molar-refractivity contribution in [3.8, 4) is 17.2 Å². The van der Waals surface area contributed by atoms with Gasteiger partial charge in [0, 0.05) is 10.7 Å². The third-order valence-corrected chi connectivity index (χ3v) is 6.92. The van der Waals surface area contributed by atoms with Gasteiger partial charge in [0.2, 0.25) is 0 Å². The molecule has 0 aliphatic rings. The molecule has 4 aromatic rings. The molecule has 1 N–H and O–H groups in total. The number of halogens is 3. The average Bonchev–Trinajstić information content (AvgIpc) is 3.25. The minimum absolute atomic E-state index is 0.230. The maximum absolute atomic E-state index is 12.6. The van der Waals surface area contributed by atoms with E-state index in [4.69, 9.17) is 44.3 Å². The fraction of sp³-hybridized carbons (Fsp3) is 0.240. The number of nitrogens with one attached hydrogen (secondary N) is 1. The Kier molecular flexibility index (Phi) is 7.40. The van der Waals surface area contributed by atoms with Gasteiger partial charge in [0.15, 0.2) is 12.4 Å². The lowest BCUT2D eigenvalue weighted by Gasteiger charge is -2.15. The number of aromatic nitrogens is 3. The molecular formula is C25H23Cl3N4O3. The topological polar surface area (TPSA) is 78.3 Å². The highest BCUT2D eigenvalue weighted by Crippen LogP contribution is 2.42. The monoisotopic (exact) mass is 532 g/mol. The predicted molar refractivity (Wildman–Crippen MR) is 140 cm³/mol. The molecule has 0 unspecified atom stereocenters. The second-order valence-electron chi connectivity index (χ2n) is 7.93. The summed E-state index contributed by atoms with van der Waals surface area (Å²) in [5.74, 6) is 0.639. The SMILES string of the molecule is CCOc1ccc(-n2nc3cc(C)c(NC(=O)COc4c(Cl)c(C)c(Cl)c(C)c4Cl)cc3n2)cc1. The van der Waals surface area contributed by atoms with Crippen LogP contribution < -0.4 is 14.8 Å². The van der Waals surface area contributed by atoms with Crippen LogP contribution in [0.2, 0.25) is 15.1 Å². The van der Waals surface area contributed by atoms with E-state index in [1.54, 1.807) is 24.7 Å². The fourth-order valence-corrected chi connectivity index (χ4v) is 4.34. The number of carbonyl (C=O) groups is 1. The number of anilines is 1. The van der Waals surface area contributed by atoms with Crippen LogP contribution in [0.1, 0.15) is 23.6 Å². The number of ether oxygens (including phenoxy) is 2. The molecule has 0 spiro atoms. The Labute approximate surface area is 217 Å². The first kappa shape index (κ1) is 25.1. The Balaban J connectivity index is 1.50. The first-order valence-corrected chi connectivity index (χ1v) is 12.0. The summed E-state index contributed by atoms with van der Waals surface area (Å²) in [6.45, 7) is 7.66. The molecular weight excluding hydrogens is 511 g/mol. The van der Waals surface area contributed by atoms with E-state index < -0.39 is 0 Å². The number of carbonyl (C=O) groups excluding carboxylic acids is 1. The molecule has 35 heavy (non-hydrogen) atoms. The minimum Gasteiger partial charge on any atom is -0.494 e. The van der Waals surface area contributed by atoms with Crippen molar-refractivity contribution in [2.45, 2.75) is 27.7 Å². The molecule has 0 aliphatic carbocycles. The lowest BCUT2D eigenvalue weighted by Crippen LogP contribution is -2.21. The van der Waals surface area contributed by atoms with Gasteiger partial charge in [-0.15, -0.1) is 10.2 Å². The lowest BCUT2D eigenvalue weighted by atomic mass is 10.1. The van der Waals surface area contributed by atoms with Crippen molar-refractivity contribution in [2.75, 3.05) is 18.5 Å². The molecule has 4 rings (SSSR count). The Morgan fingerprint density at radius 3 is 2.11 bits per heavy atom. The van der Waals surface area contributed by atoms with Crippen molar-refractivity contribution in [1.29, 1.82) is 0 Å². The Morgan fingerprint density at radius 1 is 0.914 bits per heavy atom. The molecule has 182 valence electrons. The van der Waals surface area contributed by atoms with Crippen molar-refractivity contribution in [3.63, 3.8) is 0 Å². The molecule has 0 saturated heterocycles. The van der Waals surface area contributed by atoms with E-state index >= 15 is 0 Å². The van der Waals surface area contributed by atoms with E-state index in [0.29, 0.717) is 39.5 Å². The van der Waals surface area contributed by atoms with Crippen LogP contribution >= 0.6 is 34.8 Å². The van der Waals surface area contributed by atoms with Gasteiger partial charge in [-0.25, -0.2) is 0 Å². The van der Waals surface area contributed by atoms with E-state index in [1.165, 1.54) is 0 Å². The second-order valence-corrected chi connectivity index (χ2v) is 9.06. The van der Waals surface area contributed by atoms with Crippen LogP contribution in [0.25, 0.3) is 16.7 Å². The van der Waals surface area contributed by atoms with Crippen molar-refractivity contribution in [2.24, 2.45) is 0 Å². The van der Waals surface area contributed by atoms with Crippen LogP contribution in [-0.4, -0.2) is 34.1 Å². The largest absolute Gasteiger partial charge is 0.494 e. The minimum atomic E-state index is -0.372. The maximum Gasteiger partial charge on any atom is 0.262 e. The van der Waals surface area contributed by atoms with Crippen molar-refractivity contribution in [3.05, 3.63) is 68.2 Å². The molecule has 0 atom stereocenters. The van der Waals surface area contributed by atoms with Crippen LogP contribution in [0.4, 0.5) is 5.69 Å². The molecule has 0 saturated carbocycles. The lowest BCUT2D eigenvalue weighted by molar-refractivity contribution is -0.118. The van der Waals surface area contributed by atoms with E-state index in [0.717, 1.165) is 17.0 Å². The Bertz CT molecular complexity index is 1390. The van der Waals surface area contributed by atoms with Gasteiger partial charge in [0.25, 0.3) is 5.91 Å². The summed E-state index contributed by atoms with van der Waals surface area (Å²) in [6.07, 6.45) is 0. The predicted octanol–water partition coefficient (Wildman–Crippen LogP) is 6.72. The molecule has 0 radical (unpaired) electrons. The number of rotatable bonds is 7. The fourth-order valence-electron chi connectivity index (χ4n) is 3.52. The van der Waals surface area contributed by atoms with E-state index in [9.17, 15) is 4.79 Å². The third kappa shape index (κ3) is 5.17. The van der Waals surface area contributed by atoms with Gasteiger partial charge in [0.05, 0.1) is 22.3 Å². The van der Waals surface area contributed by atoms with E-state index in [-0.39, 0.29) is 28.3 Å². The first-order chi connectivity index (χ1) is 16.7. The van der Waals surface area contributed by atoms with Gasteiger partial charge < -0.3 is 14.8 Å². The molecule has 7 nitrogen and oxygen atoms in total. The normalized spacial score (nSPS) is 11.1. The number of benzene rings is 3. The summed E-state index contributed by atoms with van der Waals surface area (Å²) in [5.41, 5.74) is 4.85. The van der Waals surface area contributed by atoms with E-state index in [2.05, 4.69) is 15.5 Å². The summed E-state index contributed by atoms with van der Waals surface area (Å²) >= 11 is 18.9. The highest BCUT2D eigenvalue weighted by atomic mass is 35.5. The summed E-state index contributed by atoms with van der Waals surface area (Å²) < 4.78 is 11.1. The summed E-state index contributed by atoms with van der Waals surface area (Å²) in [7, 11) is 0. The highest BCUT2D eigenvalue weighted by Gasteiger charge is 2.19. The third-order valence-electron chi connectivity index (χ3n) is 5.44. The quantitative estimate of drug-likeness (QED) is 0.285. The van der Waals surface area contributed by atoms with Crippen LogP contribution in [0.15, 0.2) is 36.4 Å². The molecule has 0 bridgehead atoms. The van der Waals surface area contributed by atoms with Gasteiger partial charge in [0.1, 0.15) is 16.8 Å². The molecule has 0 aliphatic heterocycles. The Morgan fingerprint density at radius 2 is 1.51 bits per heavy atom. The standard InChI is InChI=1S/C25H23Cl3N4O3/c1-5-34-17-8-6-16(7-9-17)32-30-19-10-13(2)18(11-20(19)31-32)29-21(33)12-35-25-23(27)14(3)22(26)15(4)24(25)28/h6-11H,5,12H2,1-4H3,(H,29,33). The first-order valence-electron chi connectivity index (χ1n) is 10.9. The summed E-state index contributed by atoms with van der Waals surface area (Å²) in [4.78, 5) is 14.2. The molecule has 3 aromatic carbocycles. The van der Waals surface area contributed by atoms with Crippen molar-refractivity contribution >= 4 is 57.4 Å². The van der Waals surface area contributed by atoms with Gasteiger partial charge in [-0.3, -0.25) is 4.79 Å². The smallest absolute Gasteiger partial charge is 0.262 e. The van der Waals surface area contributed by atoms with Crippen LogP contribution in [0.5, 0.6) is 11.5 Å². The van der Waals surface area contributed by atoms with Crippen LogP contribution in [0.3, 0.4) is 0 Å². The van der Waals surface area contributed by atoms with Crippen molar-refractivity contribution in [1.82, 2.24) is 15.0 Å². The van der Waals surface area contributed by atoms with Gasteiger partial charge in [-0.2, -0.15) is 4.80 Å². The zero-order chi connectivity index (χ0) is 25.3. The molecule has 10 heteroatoms.